The van der Waals surface area contributed by atoms with Gasteiger partial charge >= 0.3 is 12.3 Å². The molecule has 2 aliphatic heterocycles. The topological polar surface area (TPSA) is 91.6 Å². The van der Waals surface area contributed by atoms with Gasteiger partial charge in [-0.2, -0.15) is 18.2 Å². The largest absolute Gasteiger partial charge is 0.490 e. The van der Waals surface area contributed by atoms with Crippen LogP contribution in [0.25, 0.3) is 0 Å². The summed E-state index contributed by atoms with van der Waals surface area (Å²) >= 11 is 1.32. The molecule has 2 atom stereocenters. The molecule has 1 aromatic carbocycles. The fourth-order valence-electron chi connectivity index (χ4n) is 4.59. The predicted molar refractivity (Wildman–Crippen MR) is 154 cm³/mol. The second-order valence-electron chi connectivity index (χ2n) is 12.8. The van der Waals surface area contributed by atoms with Crippen molar-refractivity contribution < 1.29 is 41.7 Å². The van der Waals surface area contributed by atoms with Gasteiger partial charge in [-0.25, -0.2) is 4.79 Å². The number of halogens is 3. The van der Waals surface area contributed by atoms with Crippen LogP contribution >= 0.6 is 11.3 Å². The maximum absolute atomic E-state index is 13.7. The number of thiazole rings is 1. The molecule has 2 fully saturated rings. The lowest BCUT2D eigenvalue weighted by Crippen LogP contribution is -2.49. The first-order valence-electron chi connectivity index (χ1n) is 14.3. The summed E-state index contributed by atoms with van der Waals surface area (Å²) in [6.07, 6.45) is -2.02. The van der Waals surface area contributed by atoms with Crippen LogP contribution in [0.3, 0.4) is 0 Å². The fraction of sp³-hybridized carbons (Fsp3) is 0.633. The average molecular weight is 628 g/mol. The summed E-state index contributed by atoms with van der Waals surface area (Å²) in [5.74, 6) is -0.914. The molecule has 3 heterocycles. The van der Waals surface area contributed by atoms with Crippen molar-refractivity contribution in [1.29, 1.82) is 0 Å². The Kier molecular flexibility index (Phi) is 9.97. The zero-order chi connectivity index (χ0) is 31.6. The lowest BCUT2D eigenvalue weighted by Gasteiger charge is -2.34. The lowest BCUT2D eigenvalue weighted by molar-refractivity contribution is -0.137. The third kappa shape index (κ3) is 9.05. The molecule has 13 heteroatoms. The average Bonchev–Trinajstić information content (AvgIpc) is 3.56. The van der Waals surface area contributed by atoms with Crippen molar-refractivity contribution in [1.82, 2.24) is 9.47 Å². The van der Waals surface area contributed by atoms with Gasteiger partial charge in [0.1, 0.15) is 24.1 Å². The second-order valence-corrected chi connectivity index (χ2v) is 13.8. The summed E-state index contributed by atoms with van der Waals surface area (Å²) in [6.45, 7) is 13.2. The zero-order valence-electron chi connectivity index (χ0n) is 25.5. The molecule has 2 aliphatic rings. The summed E-state index contributed by atoms with van der Waals surface area (Å²) in [5.41, 5.74) is -2.20. The van der Waals surface area contributed by atoms with Gasteiger partial charge in [0.15, 0.2) is 4.80 Å². The molecule has 4 rings (SSSR count). The first-order valence-corrected chi connectivity index (χ1v) is 15.2. The van der Waals surface area contributed by atoms with Crippen molar-refractivity contribution in [3.8, 4) is 5.75 Å². The quantitative estimate of drug-likeness (QED) is 0.402. The maximum atomic E-state index is 13.7. The Labute approximate surface area is 253 Å². The molecule has 0 aliphatic carbocycles. The van der Waals surface area contributed by atoms with Gasteiger partial charge < -0.3 is 28.4 Å². The number of alkyl halides is 3. The summed E-state index contributed by atoms with van der Waals surface area (Å²) < 4.78 is 65.6. The molecular formula is C30H40F3N3O6S. The highest BCUT2D eigenvalue weighted by atomic mass is 32.1. The van der Waals surface area contributed by atoms with Crippen molar-refractivity contribution in [2.24, 2.45) is 4.99 Å². The number of nitrogens with zero attached hydrogens (tertiary/aromatic N) is 3. The minimum Gasteiger partial charge on any atom is -0.490 e. The smallest absolute Gasteiger partial charge is 0.416 e. The van der Waals surface area contributed by atoms with Crippen molar-refractivity contribution in [3.63, 3.8) is 0 Å². The number of benzene rings is 1. The molecule has 0 N–H and O–H groups in total. The molecule has 2 saturated heterocycles. The van der Waals surface area contributed by atoms with E-state index in [1.54, 1.807) is 20.8 Å². The van der Waals surface area contributed by atoms with Crippen LogP contribution in [0.4, 0.5) is 18.0 Å². The summed E-state index contributed by atoms with van der Waals surface area (Å²) in [7, 11) is 0. The number of aromatic nitrogens is 1. The minimum absolute atomic E-state index is 0.0281. The molecular weight excluding hydrogens is 587 g/mol. The second kappa shape index (κ2) is 13.0. The van der Waals surface area contributed by atoms with Crippen LogP contribution in [0.15, 0.2) is 29.4 Å². The van der Waals surface area contributed by atoms with E-state index in [0.717, 1.165) is 35.9 Å². The first-order chi connectivity index (χ1) is 20.0. The van der Waals surface area contributed by atoms with Crippen LogP contribution < -0.4 is 9.54 Å². The minimum atomic E-state index is -4.67. The van der Waals surface area contributed by atoms with Crippen molar-refractivity contribution >= 4 is 23.3 Å². The number of rotatable bonds is 6. The van der Waals surface area contributed by atoms with E-state index in [1.165, 1.54) is 16.2 Å². The van der Waals surface area contributed by atoms with E-state index in [1.807, 2.05) is 31.5 Å². The number of carbonyl (C=O) groups is 2. The molecule has 1 aromatic heterocycles. The van der Waals surface area contributed by atoms with Gasteiger partial charge in [0.25, 0.3) is 5.91 Å². The van der Waals surface area contributed by atoms with Gasteiger partial charge in [-0.1, -0.05) is 20.8 Å². The highest BCUT2D eigenvalue weighted by Crippen LogP contribution is 2.33. The van der Waals surface area contributed by atoms with E-state index in [2.05, 4.69) is 4.99 Å². The van der Waals surface area contributed by atoms with E-state index in [-0.39, 0.29) is 42.6 Å². The lowest BCUT2D eigenvalue weighted by atomic mass is 9.95. The van der Waals surface area contributed by atoms with E-state index < -0.39 is 35.4 Å². The van der Waals surface area contributed by atoms with Crippen LogP contribution in [0, 0.1) is 0 Å². The molecule has 9 nitrogen and oxygen atoms in total. The Morgan fingerprint density at radius 2 is 1.79 bits per heavy atom. The molecule has 0 spiro atoms. The molecule has 2 aromatic rings. The highest BCUT2D eigenvalue weighted by molar-refractivity contribution is 7.09. The van der Waals surface area contributed by atoms with E-state index in [4.69, 9.17) is 18.9 Å². The zero-order valence-corrected chi connectivity index (χ0v) is 26.3. The standard InChI is InChI=1S/C30H40F3N3O6S/c1-28(2,3)24-17-36(15-20-8-7-12-39-20)26(43-24)34-25(37)22-14-19(30(31,32)33)9-10-23(22)41-18-21-16-35(11-13-40-21)27(38)42-29(4,5)6/h9-10,14,17,20-21H,7-8,11-13,15-16,18H2,1-6H3/t20-,21+/m1/s1. The number of amides is 2. The Morgan fingerprint density at radius 1 is 1.07 bits per heavy atom. The van der Waals surface area contributed by atoms with Crippen LogP contribution in [0.5, 0.6) is 5.75 Å². The van der Waals surface area contributed by atoms with E-state index in [0.29, 0.717) is 24.5 Å². The monoisotopic (exact) mass is 627 g/mol. The van der Waals surface area contributed by atoms with Crippen LogP contribution in [-0.2, 0) is 32.3 Å². The number of carbonyl (C=O) groups excluding carboxylic acids is 2. The van der Waals surface area contributed by atoms with E-state index in [9.17, 15) is 22.8 Å². The number of hydrogen-bond donors (Lipinski definition) is 0. The third-order valence-corrected chi connectivity index (χ3v) is 8.28. The van der Waals surface area contributed by atoms with Gasteiger partial charge in [0.05, 0.1) is 36.9 Å². The first kappa shape index (κ1) is 33.0. The molecule has 2 amide bonds. The van der Waals surface area contributed by atoms with Crippen LogP contribution in [-0.4, -0.2) is 72.2 Å². The van der Waals surface area contributed by atoms with Crippen LogP contribution in [0.1, 0.15) is 75.2 Å². The van der Waals surface area contributed by atoms with Gasteiger partial charge in [0, 0.05) is 24.2 Å². The van der Waals surface area contributed by atoms with Gasteiger partial charge in [-0.15, -0.1) is 11.3 Å². The summed E-state index contributed by atoms with van der Waals surface area (Å²) in [5, 5.41) is 0. The molecule has 238 valence electrons. The van der Waals surface area contributed by atoms with Crippen molar-refractivity contribution in [3.05, 3.63) is 45.2 Å². The van der Waals surface area contributed by atoms with Gasteiger partial charge in [0.2, 0.25) is 0 Å². The maximum Gasteiger partial charge on any atom is 0.416 e. The van der Waals surface area contributed by atoms with Gasteiger partial charge in [-0.05, 0) is 57.2 Å². The molecule has 43 heavy (non-hydrogen) atoms. The summed E-state index contributed by atoms with van der Waals surface area (Å²) in [4.78, 5) is 33.2. The van der Waals surface area contributed by atoms with Crippen molar-refractivity contribution in [2.75, 3.05) is 32.9 Å². The Balaban J connectivity index is 1.60. The fourth-order valence-corrected chi connectivity index (χ4v) is 5.65. The molecule has 0 bridgehead atoms. The molecule has 0 saturated carbocycles. The molecule has 0 radical (unpaired) electrons. The van der Waals surface area contributed by atoms with Crippen molar-refractivity contribution in [2.45, 2.75) is 90.3 Å². The number of ether oxygens (including phenoxy) is 4. The Bertz CT molecular complexity index is 1370. The Hall–Kier alpha value is -2.90. The number of hydrogen-bond acceptors (Lipinski definition) is 7. The Morgan fingerprint density at radius 3 is 2.42 bits per heavy atom. The van der Waals surface area contributed by atoms with Crippen LogP contribution in [0.2, 0.25) is 0 Å². The van der Waals surface area contributed by atoms with E-state index >= 15 is 0 Å². The third-order valence-electron chi connectivity index (χ3n) is 6.83. The summed E-state index contributed by atoms with van der Waals surface area (Å²) in [6, 6.07) is 2.75. The SMILES string of the molecule is CC(C)(C)OC(=O)N1CCO[C@H](COc2ccc(C(F)(F)F)cc2C(=O)N=c2sc(C(C)(C)C)cn2C[C@H]2CCCO2)C1. The molecule has 0 unspecified atom stereocenters. The van der Waals surface area contributed by atoms with Gasteiger partial charge in [-0.3, -0.25) is 4.79 Å². The normalized spacial score (nSPS) is 20.4. The number of morpholine rings is 1. The highest BCUT2D eigenvalue weighted by Gasteiger charge is 2.33. The predicted octanol–water partition coefficient (Wildman–Crippen LogP) is 5.80.